The Balaban J connectivity index is 1.63. The quantitative estimate of drug-likeness (QED) is 0.238. The number of rotatable bonds is 13. The number of nitrogens with one attached hydrogen (secondary N) is 2. The van der Waals surface area contributed by atoms with Gasteiger partial charge >= 0.3 is 0 Å². The van der Waals surface area contributed by atoms with E-state index in [0.29, 0.717) is 37.9 Å². The Morgan fingerprint density at radius 2 is 2.06 bits per heavy atom. The monoisotopic (exact) mass is 467 g/mol. The van der Waals surface area contributed by atoms with E-state index in [1.807, 2.05) is 18.0 Å². The predicted molar refractivity (Wildman–Crippen MR) is 128 cm³/mol. The van der Waals surface area contributed by atoms with Crippen molar-refractivity contribution < 1.29 is 19.5 Å². The summed E-state index contributed by atoms with van der Waals surface area (Å²) in [5.74, 6) is 0.705. The van der Waals surface area contributed by atoms with Gasteiger partial charge in [-0.1, -0.05) is 19.3 Å². The van der Waals surface area contributed by atoms with E-state index in [1.54, 1.807) is 7.11 Å². The van der Waals surface area contributed by atoms with Gasteiger partial charge in [-0.15, -0.1) is 0 Å². The topological polar surface area (TPSA) is 112 Å². The number of hydroxylamine groups is 1. The van der Waals surface area contributed by atoms with Crippen molar-refractivity contribution in [1.82, 2.24) is 20.6 Å². The molecule has 0 radical (unpaired) electrons. The zero-order chi connectivity index (χ0) is 23.6. The highest BCUT2D eigenvalue weighted by Crippen LogP contribution is 2.31. The number of nitrogens with zero attached hydrogens (tertiary/aromatic N) is 2. The minimum atomic E-state index is -0.483. The number of carbonyl (C=O) groups excluding carboxylic acids is 1. The molecule has 1 amide bonds. The van der Waals surface area contributed by atoms with Crippen molar-refractivity contribution in [3.8, 4) is 0 Å². The minimum Gasteiger partial charge on any atom is -0.399 e. The molecule has 0 bridgehead atoms. The molecular weight excluding hydrogens is 422 g/mol. The fourth-order valence-corrected chi connectivity index (χ4v) is 5.05. The van der Waals surface area contributed by atoms with Gasteiger partial charge in [-0.25, -0.2) is 5.48 Å². The molecule has 3 atom stereocenters. The summed E-state index contributed by atoms with van der Waals surface area (Å²) in [5, 5.41) is 12.3. The van der Waals surface area contributed by atoms with Crippen LogP contribution in [0.4, 0.5) is 0 Å². The zero-order valence-electron chi connectivity index (χ0n) is 20.5. The molecule has 190 valence electrons. The lowest BCUT2D eigenvalue weighted by Crippen LogP contribution is -2.56. The maximum atomic E-state index is 13.4. The number of carbonyl (C=O) groups is 1. The van der Waals surface area contributed by atoms with Gasteiger partial charge in [-0.3, -0.25) is 4.79 Å². The van der Waals surface area contributed by atoms with Crippen LogP contribution in [-0.2, 0) is 14.3 Å². The fourth-order valence-electron chi connectivity index (χ4n) is 5.05. The van der Waals surface area contributed by atoms with Gasteiger partial charge in [0.2, 0.25) is 0 Å². The van der Waals surface area contributed by atoms with Crippen LogP contribution in [0.1, 0.15) is 58.3 Å². The molecule has 3 aliphatic rings. The molecule has 5 N–H and O–H groups in total. The Labute approximate surface area is 199 Å². The third-order valence-electron chi connectivity index (χ3n) is 7.11. The third-order valence-corrected chi connectivity index (χ3v) is 7.11. The Bertz CT molecular complexity index is 616. The van der Waals surface area contributed by atoms with Crippen molar-refractivity contribution in [2.45, 2.75) is 82.5 Å². The van der Waals surface area contributed by atoms with Gasteiger partial charge in [0.15, 0.2) is 0 Å². The van der Waals surface area contributed by atoms with Gasteiger partial charge in [0.25, 0.3) is 5.91 Å². The summed E-state index contributed by atoms with van der Waals surface area (Å²) in [4.78, 5) is 17.6. The lowest BCUT2D eigenvalue weighted by atomic mass is 9.89. The van der Waals surface area contributed by atoms with Crippen LogP contribution in [0.15, 0.2) is 11.9 Å². The van der Waals surface area contributed by atoms with Crippen LogP contribution in [0.2, 0.25) is 0 Å². The third kappa shape index (κ3) is 8.10. The Hall–Kier alpha value is -1.39. The normalized spacial score (nSPS) is 25.6. The van der Waals surface area contributed by atoms with Gasteiger partial charge < -0.3 is 35.5 Å². The molecule has 33 heavy (non-hydrogen) atoms. The summed E-state index contributed by atoms with van der Waals surface area (Å²) in [6.07, 6.45) is 10.9. The first kappa shape index (κ1) is 26.2. The Morgan fingerprint density at radius 1 is 1.30 bits per heavy atom. The highest BCUT2D eigenvalue weighted by Gasteiger charge is 2.41. The molecule has 9 heteroatoms. The van der Waals surface area contributed by atoms with Crippen LogP contribution in [0, 0.1) is 5.92 Å². The molecular formula is C24H45N5O4. The summed E-state index contributed by atoms with van der Waals surface area (Å²) in [6.45, 7) is 5.92. The van der Waals surface area contributed by atoms with E-state index in [4.69, 9.17) is 20.4 Å². The van der Waals surface area contributed by atoms with E-state index in [-0.39, 0.29) is 24.0 Å². The summed E-state index contributed by atoms with van der Waals surface area (Å²) in [7, 11) is 1.67. The van der Waals surface area contributed by atoms with Crippen LogP contribution in [0.5, 0.6) is 0 Å². The zero-order valence-corrected chi connectivity index (χ0v) is 20.5. The Morgan fingerprint density at radius 3 is 2.67 bits per heavy atom. The van der Waals surface area contributed by atoms with Crippen molar-refractivity contribution in [1.29, 1.82) is 0 Å². The molecule has 2 saturated carbocycles. The van der Waals surface area contributed by atoms with Gasteiger partial charge in [0, 0.05) is 51.2 Å². The second-order valence-electron chi connectivity index (χ2n) is 9.92. The molecule has 3 rings (SSSR count). The van der Waals surface area contributed by atoms with Crippen LogP contribution < -0.4 is 16.5 Å². The predicted octanol–water partition coefficient (Wildman–Crippen LogP) is 1.42. The standard InChI is InChI=1S/C24H45N5O4/c1-18(22(25)15-28(12-6-11-27-31)14-19-7-4-3-5-8-19)29(21-9-10-21)24(30)23-13-26-20(16-32-2)17-33-23/h15,18-21,23,26-27,31H,3-14,16-17,25H2,1-2H3/b22-15-/t18-,20+,23-/m1/s1. The van der Waals surface area contributed by atoms with E-state index in [0.717, 1.165) is 32.4 Å². The lowest BCUT2D eigenvalue weighted by molar-refractivity contribution is -0.149. The minimum absolute atomic E-state index is 0.0213. The van der Waals surface area contributed by atoms with Gasteiger partial charge in [-0.2, -0.15) is 0 Å². The number of ether oxygens (including phenoxy) is 2. The molecule has 0 aromatic carbocycles. The molecule has 1 aliphatic heterocycles. The van der Waals surface area contributed by atoms with Crippen LogP contribution in [0.25, 0.3) is 0 Å². The summed E-state index contributed by atoms with van der Waals surface area (Å²) >= 11 is 0. The van der Waals surface area contributed by atoms with Crippen LogP contribution >= 0.6 is 0 Å². The van der Waals surface area contributed by atoms with E-state index in [2.05, 4.69) is 15.7 Å². The molecule has 0 unspecified atom stereocenters. The molecule has 9 nitrogen and oxygen atoms in total. The Kier molecular flexibility index (Phi) is 10.7. The van der Waals surface area contributed by atoms with Gasteiger partial charge in [0.05, 0.1) is 25.3 Å². The summed E-state index contributed by atoms with van der Waals surface area (Å²) < 4.78 is 11.1. The fraction of sp³-hybridized carbons (Fsp3) is 0.875. The summed E-state index contributed by atoms with van der Waals surface area (Å²) in [5.41, 5.74) is 9.57. The number of hydrogen-bond acceptors (Lipinski definition) is 8. The number of morpholine rings is 1. The number of amides is 1. The largest absolute Gasteiger partial charge is 0.399 e. The molecule has 0 spiro atoms. The van der Waals surface area contributed by atoms with Crippen molar-refractivity contribution in [3.63, 3.8) is 0 Å². The number of methoxy groups -OCH3 is 1. The van der Waals surface area contributed by atoms with Crippen molar-refractivity contribution >= 4 is 5.91 Å². The first-order chi connectivity index (χ1) is 16.0. The average Bonchev–Trinajstić information content (AvgIpc) is 3.65. The molecule has 2 aliphatic carbocycles. The first-order valence-electron chi connectivity index (χ1n) is 12.8. The number of nitrogens with two attached hydrogens (primary N) is 1. The highest BCUT2D eigenvalue weighted by molar-refractivity contribution is 5.82. The molecule has 1 saturated heterocycles. The average molecular weight is 468 g/mol. The molecule has 3 fully saturated rings. The van der Waals surface area contributed by atoms with Crippen molar-refractivity contribution in [3.05, 3.63) is 11.9 Å². The highest BCUT2D eigenvalue weighted by atomic mass is 16.5. The number of hydrogen-bond donors (Lipinski definition) is 4. The van der Waals surface area contributed by atoms with Gasteiger partial charge in [-0.05, 0) is 44.9 Å². The lowest BCUT2D eigenvalue weighted by Gasteiger charge is -2.36. The molecule has 0 aromatic heterocycles. The molecule has 1 heterocycles. The van der Waals surface area contributed by atoms with Crippen LogP contribution in [0.3, 0.4) is 0 Å². The van der Waals surface area contributed by atoms with Gasteiger partial charge in [0.1, 0.15) is 6.10 Å². The van der Waals surface area contributed by atoms with E-state index < -0.39 is 6.10 Å². The van der Waals surface area contributed by atoms with Crippen molar-refractivity contribution in [2.75, 3.05) is 46.5 Å². The second-order valence-corrected chi connectivity index (χ2v) is 9.92. The smallest absolute Gasteiger partial charge is 0.253 e. The maximum Gasteiger partial charge on any atom is 0.253 e. The van der Waals surface area contributed by atoms with Crippen molar-refractivity contribution in [2.24, 2.45) is 11.7 Å². The van der Waals surface area contributed by atoms with E-state index in [9.17, 15) is 4.79 Å². The second kappa shape index (κ2) is 13.5. The van der Waals surface area contributed by atoms with E-state index >= 15 is 0 Å². The van der Waals surface area contributed by atoms with Crippen LogP contribution in [-0.4, -0.2) is 91.6 Å². The van der Waals surface area contributed by atoms with E-state index in [1.165, 1.54) is 32.1 Å². The maximum absolute atomic E-state index is 13.4. The molecule has 0 aromatic rings. The SMILES string of the molecule is COC[C@H]1CO[C@@H](C(=O)N(C2CC2)[C@H](C)/C(N)=C/N(CCCNO)CC2CCCCC2)CN1. The summed E-state index contributed by atoms with van der Waals surface area (Å²) in [6, 6.07) is 0.179. The first-order valence-corrected chi connectivity index (χ1v) is 12.8.